The Morgan fingerprint density at radius 3 is 2.42 bits per heavy atom. The van der Waals surface area contributed by atoms with E-state index in [-0.39, 0.29) is 11.7 Å². The van der Waals surface area contributed by atoms with Crippen molar-refractivity contribution in [3.8, 4) is 0 Å². The van der Waals surface area contributed by atoms with Crippen LogP contribution in [-0.4, -0.2) is 47.0 Å². The summed E-state index contributed by atoms with van der Waals surface area (Å²) >= 11 is 0. The van der Waals surface area contributed by atoms with Gasteiger partial charge in [-0.2, -0.15) is 0 Å². The van der Waals surface area contributed by atoms with E-state index in [1.165, 1.54) is 12.1 Å². The van der Waals surface area contributed by atoms with Crippen molar-refractivity contribution in [3.05, 3.63) is 53.2 Å². The summed E-state index contributed by atoms with van der Waals surface area (Å²) in [6.45, 7) is 5.73. The highest BCUT2D eigenvalue weighted by Gasteiger charge is 2.47. The van der Waals surface area contributed by atoms with Gasteiger partial charge in [0.1, 0.15) is 5.82 Å². The van der Waals surface area contributed by atoms with Crippen molar-refractivity contribution in [2.45, 2.75) is 38.1 Å². The maximum atomic E-state index is 13.3. The molecule has 1 saturated heterocycles. The van der Waals surface area contributed by atoms with Crippen LogP contribution in [0.15, 0.2) is 34.9 Å². The van der Waals surface area contributed by atoms with Crippen LogP contribution in [-0.2, 0) is 16.8 Å². The lowest BCUT2D eigenvalue weighted by atomic mass is 9.63. The Morgan fingerprint density at radius 1 is 1.19 bits per heavy atom. The largest absolute Gasteiger partial charge is 0.360 e. The highest BCUT2D eigenvalue weighted by atomic mass is 19.1. The molecule has 0 radical (unpaired) electrons. The smallest absolute Gasteiger partial charge is 0.233 e. The predicted molar refractivity (Wildman–Crippen MR) is 95.0 cm³/mol. The van der Waals surface area contributed by atoms with E-state index in [0.29, 0.717) is 0 Å². The first kappa shape index (κ1) is 17.2. The summed E-state index contributed by atoms with van der Waals surface area (Å²) in [5.41, 5.74) is 1.40. The number of nitrogens with zero attached hydrogens (tertiary/aromatic N) is 3. The molecular weight excluding hydrogens is 333 g/mol. The lowest BCUT2D eigenvalue weighted by molar-refractivity contribution is -0.142. The summed E-state index contributed by atoms with van der Waals surface area (Å²) in [6.07, 6.45) is 2.76. The van der Waals surface area contributed by atoms with Gasteiger partial charge < -0.3 is 9.42 Å². The second-order valence-corrected chi connectivity index (χ2v) is 7.45. The Labute approximate surface area is 152 Å². The van der Waals surface area contributed by atoms with Crippen molar-refractivity contribution in [3.63, 3.8) is 0 Å². The highest BCUT2D eigenvalue weighted by Crippen LogP contribution is 2.45. The number of aryl methyl sites for hydroxylation is 1. The number of amides is 1. The van der Waals surface area contributed by atoms with Crippen LogP contribution in [0.2, 0.25) is 0 Å². The van der Waals surface area contributed by atoms with E-state index >= 15 is 0 Å². The zero-order chi connectivity index (χ0) is 18.1. The van der Waals surface area contributed by atoms with E-state index in [2.05, 4.69) is 10.1 Å². The molecule has 2 aromatic rings. The van der Waals surface area contributed by atoms with Crippen LogP contribution >= 0.6 is 0 Å². The molecule has 0 bridgehead atoms. The van der Waals surface area contributed by atoms with E-state index in [0.717, 1.165) is 69.0 Å². The summed E-state index contributed by atoms with van der Waals surface area (Å²) in [6, 6.07) is 8.42. The maximum Gasteiger partial charge on any atom is 0.233 e. The minimum atomic E-state index is -0.447. The molecule has 0 N–H and O–H groups in total. The van der Waals surface area contributed by atoms with Crippen molar-refractivity contribution in [1.29, 1.82) is 0 Å². The van der Waals surface area contributed by atoms with E-state index in [1.807, 2.05) is 17.9 Å². The van der Waals surface area contributed by atoms with E-state index in [9.17, 15) is 9.18 Å². The Hall–Kier alpha value is -2.21. The molecule has 5 nitrogen and oxygen atoms in total. The van der Waals surface area contributed by atoms with Gasteiger partial charge in [-0.1, -0.05) is 23.7 Å². The SMILES string of the molecule is Cc1cc(CN2CCN(C(=O)C3(c4ccc(F)cc4)CCC3)CC2)on1. The number of carbonyl (C=O) groups excluding carboxylic acids is 1. The molecule has 2 heterocycles. The summed E-state index contributed by atoms with van der Waals surface area (Å²) in [5, 5.41) is 3.92. The molecule has 0 unspecified atom stereocenters. The van der Waals surface area contributed by atoms with Gasteiger partial charge in [0.15, 0.2) is 5.76 Å². The summed E-state index contributed by atoms with van der Waals surface area (Å²) in [4.78, 5) is 17.5. The molecule has 6 heteroatoms. The lowest BCUT2D eigenvalue weighted by Gasteiger charge is -2.46. The molecule has 1 amide bonds. The molecule has 2 aliphatic rings. The monoisotopic (exact) mass is 357 g/mol. The zero-order valence-electron chi connectivity index (χ0n) is 15.1. The molecule has 1 aromatic heterocycles. The van der Waals surface area contributed by atoms with Crippen LogP contribution in [0.1, 0.15) is 36.3 Å². The number of hydrogen-bond acceptors (Lipinski definition) is 4. The van der Waals surface area contributed by atoms with E-state index in [4.69, 9.17) is 4.52 Å². The van der Waals surface area contributed by atoms with Crippen molar-refractivity contribution >= 4 is 5.91 Å². The van der Waals surface area contributed by atoms with Gasteiger partial charge >= 0.3 is 0 Å². The Balaban J connectivity index is 1.40. The van der Waals surface area contributed by atoms with Crippen molar-refractivity contribution < 1.29 is 13.7 Å². The molecule has 1 saturated carbocycles. The fourth-order valence-electron chi connectivity index (χ4n) is 4.05. The molecule has 138 valence electrons. The van der Waals surface area contributed by atoms with Crippen molar-refractivity contribution in [2.24, 2.45) is 0 Å². The van der Waals surface area contributed by atoms with Gasteiger partial charge in [0, 0.05) is 32.2 Å². The number of benzene rings is 1. The van der Waals surface area contributed by atoms with Crippen LogP contribution in [0.5, 0.6) is 0 Å². The van der Waals surface area contributed by atoms with Gasteiger partial charge in [0.2, 0.25) is 5.91 Å². The van der Waals surface area contributed by atoms with Gasteiger partial charge in [0.05, 0.1) is 17.7 Å². The van der Waals surface area contributed by atoms with Crippen LogP contribution in [0.3, 0.4) is 0 Å². The number of piperazine rings is 1. The molecule has 0 spiro atoms. The molecule has 1 aliphatic carbocycles. The lowest BCUT2D eigenvalue weighted by Crippen LogP contribution is -2.56. The molecule has 4 rings (SSSR count). The molecule has 1 aromatic carbocycles. The summed E-state index contributed by atoms with van der Waals surface area (Å²) < 4.78 is 18.5. The first-order chi connectivity index (χ1) is 12.6. The van der Waals surface area contributed by atoms with Crippen molar-refractivity contribution in [1.82, 2.24) is 15.0 Å². The van der Waals surface area contributed by atoms with Crippen molar-refractivity contribution in [2.75, 3.05) is 26.2 Å². The Bertz CT molecular complexity index is 775. The quantitative estimate of drug-likeness (QED) is 0.844. The summed E-state index contributed by atoms with van der Waals surface area (Å²) in [5.74, 6) is 0.807. The number of halogens is 1. The molecule has 0 atom stereocenters. The van der Waals surface area contributed by atoms with E-state index < -0.39 is 5.41 Å². The third kappa shape index (κ3) is 3.14. The number of carbonyl (C=O) groups is 1. The molecule has 26 heavy (non-hydrogen) atoms. The molecular formula is C20H24FN3O2. The molecule has 1 aliphatic heterocycles. The van der Waals surface area contributed by atoms with Gasteiger partial charge in [-0.05, 0) is 37.5 Å². The predicted octanol–water partition coefficient (Wildman–Crippen LogP) is 2.89. The first-order valence-electron chi connectivity index (χ1n) is 9.27. The minimum absolute atomic E-state index is 0.200. The van der Waals surface area contributed by atoms with Gasteiger partial charge in [-0.15, -0.1) is 0 Å². The third-order valence-corrected chi connectivity index (χ3v) is 5.73. The minimum Gasteiger partial charge on any atom is -0.360 e. The Kier molecular flexibility index (Phi) is 4.53. The second-order valence-electron chi connectivity index (χ2n) is 7.45. The molecule has 2 fully saturated rings. The van der Waals surface area contributed by atoms with Crippen LogP contribution in [0, 0.1) is 12.7 Å². The fraction of sp³-hybridized carbons (Fsp3) is 0.500. The van der Waals surface area contributed by atoms with Crippen LogP contribution in [0.4, 0.5) is 4.39 Å². The average Bonchev–Trinajstić information content (AvgIpc) is 3.01. The standard InChI is InChI=1S/C20H24FN3O2/c1-15-13-18(26-22-15)14-23-9-11-24(12-10-23)19(25)20(7-2-8-20)16-3-5-17(21)6-4-16/h3-6,13H,2,7-12,14H2,1H3. The number of aromatic nitrogens is 1. The highest BCUT2D eigenvalue weighted by molar-refractivity contribution is 5.89. The van der Waals surface area contributed by atoms with E-state index in [1.54, 1.807) is 12.1 Å². The van der Waals surface area contributed by atoms with Gasteiger partial charge in [-0.3, -0.25) is 9.69 Å². The maximum absolute atomic E-state index is 13.3. The normalized spacial score (nSPS) is 20.0. The van der Waals surface area contributed by atoms with Gasteiger partial charge in [-0.25, -0.2) is 4.39 Å². The third-order valence-electron chi connectivity index (χ3n) is 5.73. The second kappa shape index (κ2) is 6.83. The Morgan fingerprint density at radius 2 is 1.88 bits per heavy atom. The number of hydrogen-bond donors (Lipinski definition) is 0. The fourth-order valence-corrected chi connectivity index (χ4v) is 4.05. The topological polar surface area (TPSA) is 49.6 Å². The summed E-state index contributed by atoms with van der Waals surface area (Å²) in [7, 11) is 0. The first-order valence-corrected chi connectivity index (χ1v) is 9.27. The average molecular weight is 357 g/mol. The number of rotatable bonds is 4. The zero-order valence-corrected chi connectivity index (χ0v) is 15.1. The van der Waals surface area contributed by atoms with Crippen LogP contribution < -0.4 is 0 Å². The van der Waals surface area contributed by atoms with Crippen LogP contribution in [0.25, 0.3) is 0 Å². The van der Waals surface area contributed by atoms with Gasteiger partial charge in [0.25, 0.3) is 0 Å².